The Balaban J connectivity index is 2.34. The smallest absolute Gasteiger partial charge is 0.148 e. The molecule has 0 aromatic carbocycles. The predicted octanol–water partition coefficient (Wildman–Crippen LogP) is 4.21. The number of halogens is 1. The van der Waals surface area contributed by atoms with E-state index in [-0.39, 0.29) is 5.54 Å². The van der Waals surface area contributed by atoms with Crippen molar-refractivity contribution in [1.29, 1.82) is 0 Å². The Kier molecular flexibility index (Phi) is 4.31. The summed E-state index contributed by atoms with van der Waals surface area (Å²) in [6, 6.07) is 0. The quantitative estimate of drug-likeness (QED) is 0.595. The van der Waals surface area contributed by atoms with Gasteiger partial charge >= 0.3 is 0 Å². The van der Waals surface area contributed by atoms with E-state index in [1.54, 1.807) is 0 Å². The molecule has 0 N–H and O–H groups in total. The van der Waals surface area contributed by atoms with Gasteiger partial charge in [0.25, 0.3) is 0 Å². The second-order valence-electron chi connectivity index (χ2n) is 6.30. The normalized spacial score (nSPS) is 18.9. The monoisotopic (exact) mass is 269 g/mol. The lowest BCUT2D eigenvalue weighted by molar-refractivity contribution is 0.356. The van der Waals surface area contributed by atoms with Crippen LogP contribution in [-0.4, -0.2) is 14.8 Å². The number of aromatic nitrogens is 3. The zero-order valence-electron chi connectivity index (χ0n) is 11.7. The second kappa shape index (κ2) is 5.60. The Labute approximate surface area is 115 Å². The molecule has 0 aliphatic heterocycles. The molecule has 4 heteroatoms. The maximum absolute atomic E-state index is 6.00. The standard InChI is InChI=1S/C14H24ClN3/c1-14(2,3)18-12(10-15)16-17-13(18)11-8-6-4-5-7-9-11/h11H,4-10H2,1-3H3. The van der Waals surface area contributed by atoms with E-state index >= 15 is 0 Å². The minimum Gasteiger partial charge on any atom is -0.308 e. The minimum absolute atomic E-state index is 0.00929. The van der Waals surface area contributed by atoms with E-state index in [1.165, 1.54) is 38.5 Å². The van der Waals surface area contributed by atoms with Crippen LogP contribution in [0.5, 0.6) is 0 Å². The first-order valence-electron chi connectivity index (χ1n) is 7.04. The van der Waals surface area contributed by atoms with E-state index in [9.17, 15) is 0 Å². The van der Waals surface area contributed by atoms with Crippen LogP contribution in [0.3, 0.4) is 0 Å². The van der Waals surface area contributed by atoms with Crippen LogP contribution in [0.4, 0.5) is 0 Å². The third-order valence-corrected chi connectivity index (χ3v) is 4.00. The highest BCUT2D eigenvalue weighted by Gasteiger charge is 2.27. The highest BCUT2D eigenvalue weighted by atomic mass is 35.5. The Morgan fingerprint density at radius 1 is 1.11 bits per heavy atom. The molecule has 1 aliphatic rings. The highest BCUT2D eigenvalue weighted by Crippen LogP contribution is 2.33. The van der Waals surface area contributed by atoms with Gasteiger partial charge in [-0.3, -0.25) is 0 Å². The molecular formula is C14H24ClN3. The highest BCUT2D eigenvalue weighted by molar-refractivity contribution is 6.16. The lowest BCUT2D eigenvalue weighted by atomic mass is 9.97. The lowest BCUT2D eigenvalue weighted by Crippen LogP contribution is -2.27. The molecule has 18 heavy (non-hydrogen) atoms. The van der Waals surface area contributed by atoms with Crippen LogP contribution in [-0.2, 0) is 11.4 Å². The molecule has 0 saturated heterocycles. The predicted molar refractivity (Wildman–Crippen MR) is 75.0 cm³/mol. The summed E-state index contributed by atoms with van der Waals surface area (Å²) in [4.78, 5) is 0. The van der Waals surface area contributed by atoms with Crippen LogP contribution in [0.2, 0.25) is 0 Å². The SMILES string of the molecule is CC(C)(C)n1c(CCl)nnc1C1CCCCCC1. The Bertz CT molecular complexity index is 384. The van der Waals surface area contributed by atoms with Gasteiger partial charge in [0.05, 0.1) is 5.88 Å². The van der Waals surface area contributed by atoms with E-state index in [0.717, 1.165) is 11.6 Å². The van der Waals surface area contributed by atoms with Crippen molar-refractivity contribution in [2.24, 2.45) is 0 Å². The molecule has 1 fully saturated rings. The van der Waals surface area contributed by atoms with Crippen molar-refractivity contribution in [3.63, 3.8) is 0 Å². The fraction of sp³-hybridized carbons (Fsp3) is 0.857. The number of alkyl halides is 1. The van der Waals surface area contributed by atoms with Gasteiger partial charge in [0.2, 0.25) is 0 Å². The van der Waals surface area contributed by atoms with Gasteiger partial charge in [-0.25, -0.2) is 0 Å². The summed E-state index contributed by atoms with van der Waals surface area (Å²) in [5.41, 5.74) is 0.00929. The summed E-state index contributed by atoms with van der Waals surface area (Å²) >= 11 is 6.00. The number of hydrogen-bond acceptors (Lipinski definition) is 2. The third kappa shape index (κ3) is 2.87. The molecule has 0 spiro atoms. The molecule has 0 atom stereocenters. The van der Waals surface area contributed by atoms with Crippen molar-refractivity contribution < 1.29 is 0 Å². The first-order chi connectivity index (χ1) is 8.54. The molecular weight excluding hydrogens is 246 g/mol. The van der Waals surface area contributed by atoms with Crippen molar-refractivity contribution in [1.82, 2.24) is 14.8 Å². The van der Waals surface area contributed by atoms with E-state index < -0.39 is 0 Å². The van der Waals surface area contributed by atoms with Gasteiger partial charge in [-0.1, -0.05) is 25.7 Å². The van der Waals surface area contributed by atoms with Gasteiger partial charge in [0.1, 0.15) is 11.6 Å². The maximum atomic E-state index is 6.00. The molecule has 3 nitrogen and oxygen atoms in total. The van der Waals surface area contributed by atoms with E-state index in [4.69, 9.17) is 11.6 Å². The Hall–Kier alpha value is -0.570. The zero-order valence-corrected chi connectivity index (χ0v) is 12.5. The first-order valence-corrected chi connectivity index (χ1v) is 7.58. The summed E-state index contributed by atoms with van der Waals surface area (Å²) < 4.78 is 2.26. The Morgan fingerprint density at radius 3 is 2.22 bits per heavy atom. The number of hydrogen-bond donors (Lipinski definition) is 0. The van der Waals surface area contributed by atoms with Crippen molar-refractivity contribution in [2.75, 3.05) is 0 Å². The summed E-state index contributed by atoms with van der Waals surface area (Å²) in [7, 11) is 0. The second-order valence-corrected chi connectivity index (χ2v) is 6.57. The third-order valence-electron chi connectivity index (χ3n) is 3.77. The van der Waals surface area contributed by atoms with Crippen LogP contribution < -0.4 is 0 Å². The molecule has 0 bridgehead atoms. The first kappa shape index (κ1) is 13.9. The number of rotatable bonds is 2. The topological polar surface area (TPSA) is 30.7 Å². The molecule has 102 valence electrons. The van der Waals surface area contributed by atoms with Crippen LogP contribution >= 0.6 is 11.6 Å². The molecule has 1 aromatic rings. The van der Waals surface area contributed by atoms with E-state index in [2.05, 4.69) is 35.5 Å². The molecule has 0 radical (unpaired) electrons. The zero-order chi connectivity index (χ0) is 13.2. The van der Waals surface area contributed by atoms with Crippen LogP contribution in [0.15, 0.2) is 0 Å². The minimum atomic E-state index is 0.00929. The van der Waals surface area contributed by atoms with Crippen molar-refractivity contribution in [3.05, 3.63) is 11.6 Å². The average molecular weight is 270 g/mol. The number of nitrogens with zero attached hydrogens (tertiary/aromatic N) is 3. The fourth-order valence-electron chi connectivity index (χ4n) is 2.95. The largest absolute Gasteiger partial charge is 0.308 e. The van der Waals surface area contributed by atoms with Gasteiger partial charge in [0, 0.05) is 11.5 Å². The fourth-order valence-corrected chi connectivity index (χ4v) is 3.12. The van der Waals surface area contributed by atoms with E-state index in [0.29, 0.717) is 11.8 Å². The molecule has 1 heterocycles. The molecule has 1 saturated carbocycles. The van der Waals surface area contributed by atoms with Gasteiger partial charge in [-0.05, 0) is 33.6 Å². The van der Waals surface area contributed by atoms with Crippen molar-refractivity contribution in [3.8, 4) is 0 Å². The van der Waals surface area contributed by atoms with Crippen LogP contribution in [0.1, 0.15) is 76.9 Å². The van der Waals surface area contributed by atoms with Gasteiger partial charge in [0.15, 0.2) is 0 Å². The van der Waals surface area contributed by atoms with Crippen molar-refractivity contribution in [2.45, 2.75) is 76.6 Å². The summed E-state index contributed by atoms with van der Waals surface area (Å²) in [6.45, 7) is 6.60. The molecule has 1 aliphatic carbocycles. The maximum Gasteiger partial charge on any atom is 0.148 e. The van der Waals surface area contributed by atoms with Crippen LogP contribution in [0.25, 0.3) is 0 Å². The van der Waals surface area contributed by atoms with Gasteiger partial charge in [-0.15, -0.1) is 21.8 Å². The molecule has 0 unspecified atom stereocenters. The van der Waals surface area contributed by atoms with E-state index in [1.807, 2.05) is 0 Å². The molecule has 0 amide bonds. The molecule has 1 aromatic heterocycles. The van der Waals surface area contributed by atoms with Gasteiger partial charge in [-0.2, -0.15) is 0 Å². The van der Waals surface area contributed by atoms with Crippen molar-refractivity contribution >= 4 is 11.6 Å². The molecule has 2 rings (SSSR count). The van der Waals surface area contributed by atoms with Crippen LogP contribution in [0, 0.1) is 0 Å². The van der Waals surface area contributed by atoms with Gasteiger partial charge < -0.3 is 4.57 Å². The summed E-state index contributed by atoms with van der Waals surface area (Å²) in [5.74, 6) is 3.07. The lowest BCUT2D eigenvalue weighted by Gasteiger charge is -2.27. The summed E-state index contributed by atoms with van der Waals surface area (Å²) in [5, 5.41) is 8.74. The summed E-state index contributed by atoms with van der Waals surface area (Å²) in [6.07, 6.45) is 7.85. The Morgan fingerprint density at radius 2 is 1.72 bits per heavy atom. The average Bonchev–Trinajstić information content (AvgIpc) is 2.57.